The van der Waals surface area contributed by atoms with Gasteiger partial charge in [0.2, 0.25) is 5.56 Å². The Balaban J connectivity index is 1.99. The van der Waals surface area contributed by atoms with E-state index in [-0.39, 0.29) is 17.9 Å². The lowest BCUT2D eigenvalue weighted by Crippen LogP contribution is -2.14. The van der Waals surface area contributed by atoms with E-state index < -0.39 is 5.97 Å². The maximum absolute atomic E-state index is 11.9. The molecule has 1 aromatic heterocycles. The number of aromatic nitrogens is 1. The molecule has 2 aromatic rings. The molecule has 0 spiro atoms. The van der Waals surface area contributed by atoms with Gasteiger partial charge in [-0.25, -0.2) is 0 Å². The van der Waals surface area contributed by atoms with Crippen molar-refractivity contribution < 1.29 is 14.7 Å². The Morgan fingerprint density at radius 3 is 2.38 bits per heavy atom. The van der Waals surface area contributed by atoms with Crippen molar-refractivity contribution in [2.75, 3.05) is 5.32 Å². The summed E-state index contributed by atoms with van der Waals surface area (Å²) in [6, 6.07) is 9.68. The molecule has 0 fully saturated rings. The quantitative estimate of drug-likeness (QED) is 0.778. The molecule has 1 heterocycles. The molecule has 0 unspecified atom stereocenters. The number of H-pyrrole nitrogens is 1. The highest BCUT2D eigenvalue weighted by Crippen LogP contribution is 2.12. The molecule has 6 heteroatoms. The summed E-state index contributed by atoms with van der Waals surface area (Å²) < 4.78 is 0. The first-order chi connectivity index (χ1) is 10.0. The van der Waals surface area contributed by atoms with E-state index in [1.54, 1.807) is 24.3 Å². The van der Waals surface area contributed by atoms with E-state index in [0.717, 1.165) is 5.56 Å². The van der Waals surface area contributed by atoms with E-state index >= 15 is 0 Å². The molecule has 1 amide bonds. The van der Waals surface area contributed by atoms with Crippen LogP contribution in [0, 0.1) is 0 Å². The topological polar surface area (TPSA) is 99.3 Å². The highest BCUT2D eigenvalue weighted by molar-refractivity contribution is 6.03. The first kappa shape index (κ1) is 14.5. The Kier molecular flexibility index (Phi) is 4.50. The second-order valence-electron chi connectivity index (χ2n) is 4.49. The maximum Gasteiger partial charge on any atom is 0.303 e. The number of pyridine rings is 1. The molecule has 0 atom stereocenters. The monoisotopic (exact) mass is 286 g/mol. The van der Waals surface area contributed by atoms with E-state index in [1.165, 1.54) is 18.3 Å². The van der Waals surface area contributed by atoms with E-state index in [0.29, 0.717) is 17.7 Å². The van der Waals surface area contributed by atoms with Gasteiger partial charge >= 0.3 is 5.97 Å². The van der Waals surface area contributed by atoms with E-state index in [9.17, 15) is 14.4 Å². The Labute approximate surface area is 120 Å². The number of benzene rings is 1. The van der Waals surface area contributed by atoms with E-state index in [1.807, 2.05) is 0 Å². The number of carbonyl (C=O) groups is 2. The molecule has 1 aromatic carbocycles. The third kappa shape index (κ3) is 4.31. The third-order valence-corrected chi connectivity index (χ3v) is 2.89. The second-order valence-corrected chi connectivity index (χ2v) is 4.49. The minimum Gasteiger partial charge on any atom is -0.481 e. The molecule has 3 N–H and O–H groups in total. The van der Waals surface area contributed by atoms with Gasteiger partial charge in [-0.2, -0.15) is 0 Å². The lowest BCUT2D eigenvalue weighted by atomic mass is 10.1. The fraction of sp³-hybridized carbons (Fsp3) is 0.133. The molecule has 2 rings (SSSR count). The summed E-state index contributed by atoms with van der Waals surface area (Å²) >= 11 is 0. The normalized spacial score (nSPS) is 10.1. The molecule has 0 aliphatic heterocycles. The SMILES string of the molecule is O=C(O)CCc1ccc(NC(=O)c2ccc(=O)[nH]c2)cc1. The van der Waals surface area contributed by atoms with Gasteiger partial charge in [0, 0.05) is 24.4 Å². The van der Waals surface area contributed by atoms with Gasteiger partial charge in [0.1, 0.15) is 0 Å². The number of anilines is 1. The summed E-state index contributed by atoms with van der Waals surface area (Å²) in [5, 5.41) is 11.3. The van der Waals surface area contributed by atoms with Crippen LogP contribution in [0.2, 0.25) is 0 Å². The number of aliphatic carboxylic acids is 1. The zero-order chi connectivity index (χ0) is 15.2. The molecule has 0 aliphatic rings. The maximum atomic E-state index is 11.9. The fourth-order valence-electron chi connectivity index (χ4n) is 1.76. The Morgan fingerprint density at radius 1 is 1.10 bits per heavy atom. The van der Waals surface area contributed by atoms with Gasteiger partial charge in [-0.05, 0) is 30.2 Å². The van der Waals surface area contributed by atoms with Gasteiger partial charge in [-0.1, -0.05) is 12.1 Å². The highest BCUT2D eigenvalue weighted by Gasteiger charge is 2.06. The average Bonchev–Trinajstić information content (AvgIpc) is 2.47. The number of hydrogen-bond acceptors (Lipinski definition) is 3. The summed E-state index contributed by atoms with van der Waals surface area (Å²) in [6.07, 6.45) is 1.87. The van der Waals surface area contributed by atoms with Crippen LogP contribution < -0.4 is 10.9 Å². The predicted octanol–water partition coefficient (Wildman–Crippen LogP) is 1.64. The zero-order valence-corrected chi connectivity index (χ0v) is 11.1. The van der Waals surface area contributed by atoms with E-state index in [2.05, 4.69) is 10.3 Å². The molecule has 0 saturated carbocycles. The summed E-state index contributed by atoms with van der Waals surface area (Å²) in [5.41, 5.74) is 1.57. The fourth-order valence-corrected chi connectivity index (χ4v) is 1.76. The predicted molar refractivity (Wildman–Crippen MR) is 77.4 cm³/mol. The van der Waals surface area contributed by atoms with E-state index in [4.69, 9.17) is 5.11 Å². The van der Waals surface area contributed by atoms with Crippen LogP contribution >= 0.6 is 0 Å². The zero-order valence-electron chi connectivity index (χ0n) is 11.1. The summed E-state index contributed by atoms with van der Waals surface area (Å²) in [6.45, 7) is 0. The van der Waals surface area contributed by atoms with Crippen LogP contribution in [-0.4, -0.2) is 22.0 Å². The lowest BCUT2D eigenvalue weighted by molar-refractivity contribution is -0.136. The summed E-state index contributed by atoms with van der Waals surface area (Å²) in [4.78, 5) is 35.7. The van der Waals surface area contributed by atoms with Crippen molar-refractivity contribution in [1.82, 2.24) is 4.98 Å². The number of nitrogens with one attached hydrogen (secondary N) is 2. The number of amides is 1. The number of aryl methyl sites for hydroxylation is 1. The number of aromatic amines is 1. The van der Waals surface area contributed by atoms with Gasteiger partial charge in [-0.3, -0.25) is 14.4 Å². The Hall–Kier alpha value is -2.89. The molecule has 0 aliphatic carbocycles. The van der Waals surface area contributed by atoms with Gasteiger partial charge < -0.3 is 15.4 Å². The molecular weight excluding hydrogens is 272 g/mol. The van der Waals surface area contributed by atoms with Crippen molar-refractivity contribution in [3.8, 4) is 0 Å². The molecule has 21 heavy (non-hydrogen) atoms. The highest BCUT2D eigenvalue weighted by atomic mass is 16.4. The van der Waals surface area contributed by atoms with Crippen molar-refractivity contribution in [1.29, 1.82) is 0 Å². The van der Waals surface area contributed by atoms with Crippen LogP contribution in [0.25, 0.3) is 0 Å². The number of carboxylic acids is 1. The van der Waals surface area contributed by atoms with Crippen LogP contribution in [0.4, 0.5) is 5.69 Å². The lowest BCUT2D eigenvalue weighted by Gasteiger charge is -2.06. The van der Waals surface area contributed by atoms with Crippen LogP contribution in [0.5, 0.6) is 0 Å². The Morgan fingerprint density at radius 2 is 1.81 bits per heavy atom. The molecular formula is C15H14N2O4. The minimum atomic E-state index is -0.842. The molecule has 0 radical (unpaired) electrons. The smallest absolute Gasteiger partial charge is 0.303 e. The number of rotatable bonds is 5. The van der Waals surface area contributed by atoms with Crippen LogP contribution in [0.15, 0.2) is 47.4 Å². The third-order valence-electron chi connectivity index (χ3n) is 2.89. The van der Waals surface area contributed by atoms with Crippen molar-refractivity contribution in [3.63, 3.8) is 0 Å². The van der Waals surface area contributed by atoms with Gasteiger partial charge in [0.05, 0.1) is 5.56 Å². The minimum absolute atomic E-state index is 0.0725. The number of carboxylic acid groups (broad SMARTS) is 1. The molecule has 0 bridgehead atoms. The van der Waals surface area contributed by atoms with Crippen LogP contribution in [0.1, 0.15) is 22.3 Å². The van der Waals surface area contributed by atoms with Crippen molar-refractivity contribution in [2.24, 2.45) is 0 Å². The summed E-state index contributed by atoms with van der Waals surface area (Å²) in [5.74, 6) is -1.17. The number of carbonyl (C=O) groups excluding carboxylic acids is 1. The number of hydrogen-bond donors (Lipinski definition) is 3. The van der Waals surface area contributed by atoms with Crippen molar-refractivity contribution in [2.45, 2.75) is 12.8 Å². The first-order valence-electron chi connectivity index (χ1n) is 6.35. The average molecular weight is 286 g/mol. The first-order valence-corrected chi connectivity index (χ1v) is 6.35. The molecule has 6 nitrogen and oxygen atoms in total. The second kappa shape index (κ2) is 6.51. The summed E-state index contributed by atoms with van der Waals surface area (Å²) in [7, 11) is 0. The Bertz CT molecular complexity index is 684. The van der Waals surface area contributed by atoms with Gasteiger partial charge in [0.25, 0.3) is 5.91 Å². The largest absolute Gasteiger partial charge is 0.481 e. The molecule has 108 valence electrons. The van der Waals surface area contributed by atoms with Gasteiger partial charge in [0.15, 0.2) is 0 Å². The van der Waals surface area contributed by atoms with Crippen LogP contribution in [0.3, 0.4) is 0 Å². The van der Waals surface area contributed by atoms with Gasteiger partial charge in [-0.15, -0.1) is 0 Å². The van der Waals surface area contributed by atoms with Crippen molar-refractivity contribution in [3.05, 3.63) is 64.1 Å². The van der Waals surface area contributed by atoms with Crippen molar-refractivity contribution >= 4 is 17.6 Å². The standard InChI is InChI=1S/C15H14N2O4/c18-13-7-4-11(9-16-13)15(21)17-12-5-1-10(2-6-12)3-8-14(19)20/h1-2,4-7,9H,3,8H2,(H,16,18)(H,17,21)(H,19,20). The molecule has 0 saturated heterocycles. The van der Waals surface area contributed by atoms with Crippen LogP contribution in [-0.2, 0) is 11.2 Å².